The van der Waals surface area contributed by atoms with E-state index in [2.05, 4.69) is 26.7 Å². The highest BCUT2D eigenvalue weighted by molar-refractivity contribution is 7.99. The van der Waals surface area contributed by atoms with E-state index in [0.717, 1.165) is 40.8 Å². The first kappa shape index (κ1) is 19.9. The summed E-state index contributed by atoms with van der Waals surface area (Å²) in [5.41, 5.74) is 1.24. The molecule has 1 aromatic heterocycles. The number of amides is 1. The second kappa shape index (κ2) is 8.22. The van der Waals surface area contributed by atoms with Gasteiger partial charge in [-0.1, -0.05) is 36.0 Å². The van der Waals surface area contributed by atoms with Gasteiger partial charge in [0.25, 0.3) is 0 Å². The highest BCUT2D eigenvalue weighted by Gasteiger charge is 2.51. The molecule has 4 saturated carbocycles. The van der Waals surface area contributed by atoms with Crippen LogP contribution >= 0.6 is 11.8 Å². The van der Waals surface area contributed by atoms with Gasteiger partial charge in [-0.05, 0) is 73.8 Å². The lowest BCUT2D eigenvalue weighted by Crippen LogP contribution is -2.47. The van der Waals surface area contributed by atoms with Gasteiger partial charge in [-0.15, -0.1) is 16.8 Å². The molecule has 0 radical (unpaired) electrons. The molecule has 1 heterocycles. The number of hydrogen-bond acceptors (Lipinski definition) is 4. The molecule has 158 valence electrons. The van der Waals surface area contributed by atoms with Crippen LogP contribution in [-0.4, -0.2) is 26.4 Å². The van der Waals surface area contributed by atoms with Crippen molar-refractivity contribution in [1.82, 2.24) is 14.8 Å². The molecule has 1 amide bonds. The van der Waals surface area contributed by atoms with Crippen molar-refractivity contribution >= 4 is 23.4 Å². The summed E-state index contributed by atoms with van der Waals surface area (Å²) in [4.78, 5) is 12.4. The number of nitrogens with one attached hydrogen (secondary N) is 1. The number of benzene rings is 1. The second-order valence-electron chi connectivity index (χ2n) is 9.60. The van der Waals surface area contributed by atoms with Gasteiger partial charge in [0.1, 0.15) is 5.82 Å². The number of thioether (sulfide) groups is 1. The molecule has 1 aromatic carbocycles. The largest absolute Gasteiger partial charge is 0.325 e. The fourth-order valence-electron chi connectivity index (χ4n) is 6.56. The maximum Gasteiger partial charge on any atom is 0.234 e. The van der Waals surface area contributed by atoms with E-state index < -0.39 is 0 Å². The number of carbonyl (C=O) groups is 1. The van der Waals surface area contributed by atoms with Crippen molar-refractivity contribution in [3.05, 3.63) is 48.8 Å². The smallest absolute Gasteiger partial charge is 0.234 e. The van der Waals surface area contributed by atoms with Crippen LogP contribution < -0.4 is 5.32 Å². The van der Waals surface area contributed by atoms with Gasteiger partial charge in [0.2, 0.25) is 5.91 Å². The first-order valence-electron chi connectivity index (χ1n) is 11.1. The van der Waals surface area contributed by atoms with Gasteiger partial charge < -0.3 is 9.88 Å². The minimum absolute atomic E-state index is 0.0259. The molecular formula is C24H30N4OS. The zero-order valence-electron chi connectivity index (χ0n) is 17.4. The number of aromatic nitrogens is 3. The molecule has 5 nitrogen and oxygen atoms in total. The van der Waals surface area contributed by atoms with E-state index in [-0.39, 0.29) is 5.91 Å². The van der Waals surface area contributed by atoms with Crippen LogP contribution in [0.2, 0.25) is 0 Å². The summed E-state index contributed by atoms with van der Waals surface area (Å²) < 4.78 is 2.17. The number of hydrogen-bond donors (Lipinski definition) is 1. The first-order valence-corrected chi connectivity index (χ1v) is 12.1. The van der Waals surface area contributed by atoms with E-state index >= 15 is 0 Å². The third-order valence-corrected chi connectivity index (χ3v) is 8.16. The number of allylic oxidation sites excluding steroid dienone is 1. The molecule has 4 bridgehead atoms. The Morgan fingerprint density at radius 3 is 2.43 bits per heavy atom. The molecule has 0 unspecified atom stereocenters. The van der Waals surface area contributed by atoms with Crippen LogP contribution in [0, 0.1) is 23.2 Å². The highest BCUT2D eigenvalue weighted by Crippen LogP contribution is 2.61. The summed E-state index contributed by atoms with van der Waals surface area (Å²) in [6.45, 7) is 4.62. The maximum atomic E-state index is 12.4. The van der Waals surface area contributed by atoms with Gasteiger partial charge in [0.05, 0.1) is 5.75 Å². The molecule has 6 heteroatoms. The average Bonchev–Trinajstić information content (AvgIpc) is 3.07. The Morgan fingerprint density at radius 1 is 1.13 bits per heavy atom. The molecule has 4 aliphatic rings. The van der Waals surface area contributed by atoms with Crippen molar-refractivity contribution in [2.45, 2.75) is 56.6 Å². The lowest BCUT2D eigenvalue weighted by molar-refractivity contribution is -0.113. The quantitative estimate of drug-likeness (QED) is 0.483. The third kappa shape index (κ3) is 4.07. The number of carbonyl (C=O) groups excluding carboxylic acids is 1. The minimum atomic E-state index is -0.0259. The van der Waals surface area contributed by atoms with Crippen LogP contribution in [0.4, 0.5) is 5.69 Å². The van der Waals surface area contributed by atoms with Gasteiger partial charge in [-0.3, -0.25) is 4.79 Å². The van der Waals surface area contributed by atoms with Gasteiger partial charge >= 0.3 is 0 Å². The fourth-order valence-corrected chi connectivity index (χ4v) is 7.33. The van der Waals surface area contributed by atoms with E-state index in [1.165, 1.54) is 50.3 Å². The van der Waals surface area contributed by atoms with Crippen LogP contribution in [0.1, 0.15) is 44.3 Å². The number of para-hydroxylation sites is 1. The van der Waals surface area contributed by atoms with Crippen LogP contribution in [-0.2, 0) is 17.8 Å². The topological polar surface area (TPSA) is 59.8 Å². The molecule has 0 aliphatic heterocycles. The molecule has 6 rings (SSSR count). The van der Waals surface area contributed by atoms with Crippen LogP contribution in [0.25, 0.3) is 0 Å². The summed E-state index contributed by atoms with van der Waals surface area (Å²) >= 11 is 1.46. The van der Waals surface area contributed by atoms with Crippen molar-refractivity contribution in [2.24, 2.45) is 23.2 Å². The lowest BCUT2D eigenvalue weighted by atomic mass is 9.49. The number of nitrogens with zero attached hydrogens (tertiary/aromatic N) is 3. The van der Waals surface area contributed by atoms with E-state index in [4.69, 9.17) is 0 Å². The SMILES string of the molecule is C=CCn1c(CC23CC4CC(CC(C4)C2)C3)nnc1SCC(=O)Nc1ccccc1. The average molecular weight is 423 g/mol. The Labute approximate surface area is 182 Å². The van der Waals surface area contributed by atoms with Crippen molar-refractivity contribution in [3.63, 3.8) is 0 Å². The Kier molecular flexibility index (Phi) is 5.44. The van der Waals surface area contributed by atoms with Gasteiger partial charge in [-0.25, -0.2) is 0 Å². The van der Waals surface area contributed by atoms with Crippen molar-refractivity contribution in [3.8, 4) is 0 Å². The van der Waals surface area contributed by atoms with Gasteiger partial charge in [0.15, 0.2) is 5.16 Å². The van der Waals surface area contributed by atoms with Crippen LogP contribution in [0.5, 0.6) is 0 Å². The van der Waals surface area contributed by atoms with Crippen LogP contribution in [0.15, 0.2) is 48.1 Å². The van der Waals surface area contributed by atoms with Crippen molar-refractivity contribution in [2.75, 3.05) is 11.1 Å². The standard InChI is InChI=1S/C24H30N4OS/c1-2-8-28-21(15-24-12-17-9-18(13-24)11-19(10-17)14-24)26-27-23(28)30-16-22(29)25-20-6-4-3-5-7-20/h2-7,17-19H,1,8-16H2,(H,25,29). The zero-order chi connectivity index (χ0) is 20.6. The molecule has 30 heavy (non-hydrogen) atoms. The minimum Gasteiger partial charge on any atom is -0.325 e. The van der Waals surface area contributed by atoms with Gasteiger partial charge in [-0.2, -0.15) is 0 Å². The Hall–Kier alpha value is -2.08. The molecule has 4 fully saturated rings. The zero-order valence-corrected chi connectivity index (χ0v) is 18.2. The molecule has 0 atom stereocenters. The number of rotatable bonds is 8. The molecule has 4 aliphatic carbocycles. The molecule has 2 aromatic rings. The Morgan fingerprint density at radius 2 is 1.80 bits per heavy atom. The van der Waals surface area contributed by atoms with E-state index in [9.17, 15) is 4.79 Å². The molecule has 0 spiro atoms. The number of anilines is 1. The van der Waals surface area contributed by atoms with E-state index in [0.29, 0.717) is 17.7 Å². The summed E-state index contributed by atoms with van der Waals surface area (Å²) in [5, 5.41) is 12.8. The lowest BCUT2D eigenvalue weighted by Gasteiger charge is -2.56. The maximum absolute atomic E-state index is 12.4. The summed E-state index contributed by atoms with van der Waals surface area (Å²) in [5.74, 6) is 4.17. The normalized spacial score (nSPS) is 29.1. The molecule has 0 saturated heterocycles. The van der Waals surface area contributed by atoms with Gasteiger partial charge in [0, 0.05) is 18.7 Å². The van der Waals surface area contributed by atoms with Crippen LogP contribution in [0.3, 0.4) is 0 Å². The summed E-state index contributed by atoms with van der Waals surface area (Å²) in [7, 11) is 0. The van der Waals surface area contributed by atoms with E-state index in [1.807, 2.05) is 36.4 Å². The third-order valence-electron chi connectivity index (χ3n) is 7.19. The predicted molar refractivity (Wildman–Crippen MR) is 120 cm³/mol. The summed E-state index contributed by atoms with van der Waals surface area (Å²) in [6.07, 6.45) is 11.4. The highest BCUT2D eigenvalue weighted by atomic mass is 32.2. The molecule has 1 N–H and O–H groups in total. The fraction of sp³-hybridized carbons (Fsp3) is 0.542. The van der Waals surface area contributed by atoms with E-state index in [1.54, 1.807) is 0 Å². The predicted octanol–water partition coefficient (Wildman–Crippen LogP) is 4.95. The molecular weight excluding hydrogens is 392 g/mol. The Bertz CT molecular complexity index is 887. The monoisotopic (exact) mass is 422 g/mol. The first-order chi connectivity index (χ1) is 14.6. The summed E-state index contributed by atoms with van der Waals surface area (Å²) in [6, 6.07) is 9.56. The second-order valence-corrected chi connectivity index (χ2v) is 10.5. The Balaban J connectivity index is 1.27. The van der Waals surface area contributed by atoms with Crippen molar-refractivity contribution in [1.29, 1.82) is 0 Å². The van der Waals surface area contributed by atoms with Crippen molar-refractivity contribution < 1.29 is 4.79 Å².